The smallest absolute Gasteiger partial charge is 0.320 e. The van der Waals surface area contributed by atoms with Crippen molar-refractivity contribution in [2.24, 2.45) is 0 Å². The number of urea groups is 1. The number of hydrogen-bond donors (Lipinski definition) is 4. The van der Waals surface area contributed by atoms with Crippen molar-refractivity contribution in [1.82, 2.24) is 44.4 Å². The highest BCUT2D eigenvalue weighted by Crippen LogP contribution is 2.39. The Kier molecular flexibility index (Phi) is 12.4. The van der Waals surface area contributed by atoms with Crippen LogP contribution >= 0.6 is 0 Å². The highest BCUT2D eigenvalue weighted by molar-refractivity contribution is 5.89. The molecule has 3 atom stereocenters. The maximum Gasteiger partial charge on any atom is 0.320 e. The molecule has 0 bridgehead atoms. The number of aliphatic hydroxyl groups excluding tert-OH is 1. The van der Waals surface area contributed by atoms with E-state index < -0.39 is 0 Å². The molecule has 0 unspecified atom stereocenters. The van der Waals surface area contributed by atoms with Crippen molar-refractivity contribution in [3.63, 3.8) is 0 Å². The second-order valence-electron chi connectivity index (χ2n) is 15.3. The molecule has 4 N–H and O–H groups in total. The normalized spacial score (nSPS) is 18.4. The summed E-state index contributed by atoms with van der Waals surface area (Å²) in [5.74, 6) is 2.18. The van der Waals surface area contributed by atoms with Gasteiger partial charge in [0, 0.05) is 37.2 Å². The minimum absolute atomic E-state index is 0.114. The first kappa shape index (κ1) is 39.2. The lowest BCUT2D eigenvalue weighted by Gasteiger charge is -2.33. The number of aliphatic hydroxyl groups is 1. The fraction of sp³-hybridized carbons (Fsp3) is 0.487. The standard InChI is InChI=1S/C38H51N11O3.CH2O2/c1-26-10-8-9-17-47(26)37-43-42-34-16-13-28(25-48(34)37)52-32-15-14-31(29-11-6-7-12-30(29)32)40-36(51)41-35-22-33(38(2,3)4)44-49(35)27-23-39-46(24-27)19-18-45(5)20-21-50;2-1-3/h6-7,11-13,16,22-26,31-32,50H,8-10,14-15,17-21H2,1-5H3,(H2,40,41,51);1H,(H,2,3)/t26-,31-,32+;/m0./s1. The number of likely N-dealkylation sites (N-methyl/N-ethyl adjacent to an activating group) is 1. The fourth-order valence-corrected chi connectivity index (χ4v) is 7.19. The lowest BCUT2D eigenvalue weighted by atomic mass is 9.85. The number of hydrogen-bond acceptors (Lipinski definition) is 10. The van der Waals surface area contributed by atoms with E-state index in [0.717, 1.165) is 72.2 Å². The van der Waals surface area contributed by atoms with Crippen LogP contribution in [0.2, 0.25) is 0 Å². The van der Waals surface area contributed by atoms with Crippen molar-refractivity contribution < 1.29 is 24.5 Å². The quantitative estimate of drug-likeness (QED) is 0.130. The van der Waals surface area contributed by atoms with Gasteiger partial charge in [-0.2, -0.15) is 10.2 Å². The summed E-state index contributed by atoms with van der Waals surface area (Å²) in [6.45, 7) is 11.4. The zero-order valence-corrected chi connectivity index (χ0v) is 32.3. The van der Waals surface area contributed by atoms with Gasteiger partial charge in [0.2, 0.25) is 5.95 Å². The van der Waals surface area contributed by atoms with Gasteiger partial charge in [-0.05, 0) is 69.3 Å². The van der Waals surface area contributed by atoms with Gasteiger partial charge in [-0.1, -0.05) is 45.0 Å². The van der Waals surface area contributed by atoms with E-state index in [9.17, 15) is 9.90 Å². The summed E-state index contributed by atoms with van der Waals surface area (Å²) in [7, 11) is 1.97. The number of nitrogens with zero attached hydrogens (tertiary/aromatic N) is 9. The van der Waals surface area contributed by atoms with Crippen LogP contribution in [0.25, 0.3) is 11.3 Å². The molecule has 294 valence electrons. The first-order valence-corrected chi connectivity index (χ1v) is 18.9. The van der Waals surface area contributed by atoms with E-state index in [1.165, 1.54) is 6.42 Å². The number of carbonyl (C=O) groups excluding carboxylic acids is 1. The molecular weight excluding hydrogens is 703 g/mol. The zero-order valence-electron chi connectivity index (χ0n) is 32.3. The molecule has 1 saturated heterocycles. The number of anilines is 2. The molecule has 16 heteroatoms. The Labute approximate surface area is 321 Å². The number of amides is 2. The topological polar surface area (TPSA) is 180 Å². The van der Waals surface area contributed by atoms with Gasteiger partial charge in [0.05, 0.1) is 43.5 Å². The van der Waals surface area contributed by atoms with Gasteiger partial charge in [-0.25, -0.2) is 9.48 Å². The second kappa shape index (κ2) is 17.3. The Morgan fingerprint density at radius 3 is 2.58 bits per heavy atom. The van der Waals surface area contributed by atoms with Crippen molar-refractivity contribution in [2.45, 2.75) is 89.9 Å². The monoisotopic (exact) mass is 755 g/mol. The number of rotatable bonds is 11. The second-order valence-corrected chi connectivity index (χ2v) is 15.3. The van der Waals surface area contributed by atoms with Crippen molar-refractivity contribution in [1.29, 1.82) is 0 Å². The van der Waals surface area contributed by atoms with Crippen LogP contribution in [0.3, 0.4) is 0 Å². The molecule has 4 aromatic heterocycles. The first-order chi connectivity index (χ1) is 26.5. The van der Waals surface area contributed by atoms with E-state index in [1.807, 2.05) is 63.8 Å². The van der Waals surface area contributed by atoms with Crippen LogP contribution in [0, 0.1) is 0 Å². The predicted octanol–water partition coefficient (Wildman–Crippen LogP) is 5.19. The van der Waals surface area contributed by atoms with Gasteiger partial charge in [-0.3, -0.25) is 19.2 Å². The maximum absolute atomic E-state index is 13.7. The van der Waals surface area contributed by atoms with Gasteiger partial charge in [0.25, 0.3) is 6.47 Å². The third kappa shape index (κ3) is 9.25. The van der Waals surface area contributed by atoms with Crippen molar-refractivity contribution in [2.75, 3.05) is 43.5 Å². The molecule has 2 amide bonds. The number of aromatic nitrogens is 7. The SMILES string of the molecule is C[C@H]1CCCCN1c1nnc2ccc(O[C@@H]3CC[C@H](NC(=O)Nc4cc(C(C)(C)C)nn4-c4cnn(CCN(C)CCO)c4)c4ccccc43)cn12.O=CO. The molecule has 1 aliphatic carbocycles. The Hall–Kier alpha value is -5.48. The first-order valence-electron chi connectivity index (χ1n) is 18.9. The van der Waals surface area contributed by atoms with Gasteiger partial charge in [0.1, 0.15) is 23.4 Å². The third-order valence-corrected chi connectivity index (χ3v) is 10.2. The van der Waals surface area contributed by atoms with Gasteiger partial charge >= 0.3 is 6.03 Å². The van der Waals surface area contributed by atoms with Gasteiger partial charge in [0.15, 0.2) is 5.65 Å². The van der Waals surface area contributed by atoms with E-state index in [4.69, 9.17) is 19.7 Å². The molecule has 1 aliphatic heterocycles. The largest absolute Gasteiger partial charge is 0.484 e. The van der Waals surface area contributed by atoms with E-state index in [0.29, 0.717) is 31.4 Å². The predicted molar refractivity (Wildman–Crippen MR) is 209 cm³/mol. The number of benzene rings is 1. The molecular formula is C39H53N11O5. The minimum Gasteiger partial charge on any atom is -0.484 e. The van der Waals surface area contributed by atoms with Gasteiger partial charge in [-0.15, -0.1) is 10.2 Å². The summed E-state index contributed by atoms with van der Waals surface area (Å²) >= 11 is 0. The molecule has 7 rings (SSSR count). The highest BCUT2D eigenvalue weighted by atomic mass is 16.5. The number of piperidine rings is 1. The van der Waals surface area contributed by atoms with Crippen LogP contribution in [-0.2, 0) is 16.8 Å². The van der Waals surface area contributed by atoms with E-state index >= 15 is 0 Å². The summed E-state index contributed by atoms with van der Waals surface area (Å²) in [5, 5.41) is 40.8. The molecule has 16 nitrogen and oxygen atoms in total. The van der Waals surface area contributed by atoms with Crippen LogP contribution in [0.1, 0.15) is 88.8 Å². The van der Waals surface area contributed by atoms with Crippen LogP contribution in [0.5, 0.6) is 5.75 Å². The highest BCUT2D eigenvalue weighted by Gasteiger charge is 2.31. The Morgan fingerprint density at radius 1 is 1.05 bits per heavy atom. The lowest BCUT2D eigenvalue weighted by molar-refractivity contribution is -0.122. The van der Waals surface area contributed by atoms with Crippen LogP contribution in [0.15, 0.2) is 61.1 Å². The summed E-state index contributed by atoms with van der Waals surface area (Å²) in [5.41, 5.74) is 4.27. The molecule has 1 fully saturated rings. The number of pyridine rings is 1. The van der Waals surface area contributed by atoms with Crippen molar-refractivity contribution >= 4 is 29.9 Å². The summed E-state index contributed by atoms with van der Waals surface area (Å²) < 4.78 is 12.3. The number of carboxylic acid groups (broad SMARTS) is 1. The molecule has 5 aromatic rings. The van der Waals surface area contributed by atoms with E-state index in [-0.39, 0.29) is 36.7 Å². The van der Waals surface area contributed by atoms with Gasteiger partial charge < -0.3 is 30.1 Å². The zero-order chi connectivity index (χ0) is 39.1. The van der Waals surface area contributed by atoms with Crippen molar-refractivity contribution in [3.05, 3.63) is 77.9 Å². The third-order valence-electron chi connectivity index (χ3n) is 10.2. The number of carbonyl (C=O) groups is 2. The molecule has 55 heavy (non-hydrogen) atoms. The summed E-state index contributed by atoms with van der Waals surface area (Å²) in [6.07, 6.45) is 10.5. The van der Waals surface area contributed by atoms with E-state index in [1.54, 1.807) is 10.9 Å². The Morgan fingerprint density at radius 2 is 1.84 bits per heavy atom. The van der Waals surface area contributed by atoms with Crippen LogP contribution in [0.4, 0.5) is 16.6 Å². The van der Waals surface area contributed by atoms with E-state index in [2.05, 4.69) is 70.7 Å². The number of ether oxygens (including phenoxy) is 1. The lowest BCUT2D eigenvalue weighted by Crippen LogP contribution is -2.38. The maximum atomic E-state index is 13.7. The summed E-state index contributed by atoms with van der Waals surface area (Å²) in [4.78, 5) is 26.4. The molecule has 5 heterocycles. The fourth-order valence-electron chi connectivity index (χ4n) is 7.19. The minimum atomic E-state index is -0.309. The Bertz CT molecular complexity index is 2050. The number of fused-ring (bicyclic) bond motifs is 2. The summed E-state index contributed by atoms with van der Waals surface area (Å²) in [6, 6.07) is 14.0. The van der Waals surface area contributed by atoms with Crippen molar-refractivity contribution in [3.8, 4) is 11.4 Å². The Balaban J connectivity index is 0.00000166. The molecule has 0 radical (unpaired) electrons. The molecule has 2 aliphatic rings. The average Bonchev–Trinajstić information content (AvgIpc) is 3.91. The molecule has 1 aromatic carbocycles. The number of nitrogens with one attached hydrogen (secondary N) is 2. The molecule has 0 spiro atoms. The van der Waals surface area contributed by atoms with Crippen LogP contribution < -0.4 is 20.3 Å². The molecule has 0 saturated carbocycles. The average molecular weight is 756 g/mol. The van der Waals surface area contributed by atoms with Crippen LogP contribution in [-0.4, -0.2) is 101 Å².